The second kappa shape index (κ2) is 13.4. The highest BCUT2D eigenvalue weighted by Gasteiger charge is 2.46. The number of fused-ring (bicyclic) bond motifs is 11. The summed E-state index contributed by atoms with van der Waals surface area (Å²) in [4.78, 5) is 2.62. The lowest BCUT2D eigenvalue weighted by molar-refractivity contribution is 0.331. The van der Waals surface area contributed by atoms with Gasteiger partial charge >= 0.3 is 0 Å². The maximum Gasteiger partial charge on any atom is 0.197 e. The Morgan fingerprint density at radius 3 is 2.02 bits per heavy atom. The van der Waals surface area contributed by atoms with E-state index in [-0.39, 0.29) is 21.7 Å². The SMILES string of the molecule is CC1(C)CCC(C)(C)c2cc3c(cc21)N1c2cc4oc5ccccc5c4c(-c4ccc(-c5ccccc5)cc4Nc4cccc5c4C(C)(C)c4ccccc4-5)c2[B]c2cccc(c21)C3(C)C. The van der Waals surface area contributed by atoms with Crippen molar-refractivity contribution in [3.05, 3.63) is 185 Å². The van der Waals surface area contributed by atoms with Crippen LogP contribution in [0.3, 0.4) is 0 Å². The average Bonchev–Trinajstić information content (AvgIpc) is 3.80. The quantitative estimate of drug-likeness (QED) is 0.179. The zero-order valence-corrected chi connectivity index (χ0v) is 39.3. The first kappa shape index (κ1) is 39.6. The summed E-state index contributed by atoms with van der Waals surface area (Å²) >= 11 is 0. The molecule has 0 fully saturated rings. The zero-order chi connectivity index (χ0) is 45.1. The van der Waals surface area contributed by atoms with E-state index in [4.69, 9.17) is 4.42 Å². The number of nitrogens with zero attached hydrogens (tertiary/aromatic N) is 1. The summed E-state index contributed by atoms with van der Waals surface area (Å²) in [5, 5.41) is 6.42. The number of para-hydroxylation sites is 2. The Bertz CT molecular complexity index is 3550. The summed E-state index contributed by atoms with van der Waals surface area (Å²) in [6, 6.07) is 56.6. The third-order valence-electron chi connectivity index (χ3n) is 16.3. The summed E-state index contributed by atoms with van der Waals surface area (Å²) in [7, 11) is 2.47. The predicted octanol–water partition coefficient (Wildman–Crippen LogP) is 15.4. The van der Waals surface area contributed by atoms with E-state index < -0.39 is 0 Å². The third kappa shape index (κ3) is 5.39. The van der Waals surface area contributed by atoms with Crippen molar-refractivity contribution >= 4 is 68.6 Å². The van der Waals surface area contributed by atoms with Gasteiger partial charge in [-0.1, -0.05) is 182 Å². The van der Waals surface area contributed by atoms with Gasteiger partial charge in [-0.05, 0) is 115 Å². The molecule has 0 spiro atoms. The molecule has 2 aliphatic carbocycles. The van der Waals surface area contributed by atoms with Gasteiger partial charge in [0.2, 0.25) is 0 Å². The molecule has 1 radical (unpaired) electrons. The van der Waals surface area contributed by atoms with Crippen molar-refractivity contribution < 1.29 is 4.42 Å². The van der Waals surface area contributed by atoms with Gasteiger partial charge in [-0.15, -0.1) is 0 Å². The normalized spacial score (nSPS) is 17.2. The minimum Gasteiger partial charge on any atom is -0.456 e. The highest BCUT2D eigenvalue weighted by Crippen LogP contribution is 2.58. The number of hydrogen-bond donors (Lipinski definition) is 1. The molecule has 3 nitrogen and oxygen atoms in total. The second-order valence-electron chi connectivity index (χ2n) is 21.8. The van der Waals surface area contributed by atoms with Crippen LogP contribution in [0.15, 0.2) is 156 Å². The van der Waals surface area contributed by atoms with Crippen molar-refractivity contribution in [3.8, 4) is 33.4 Å². The van der Waals surface area contributed by atoms with Crippen LogP contribution in [-0.2, 0) is 21.7 Å². The van der Waals surface area contributed by atoms with Crippen molar-refractivity contribution in [1.82, 2.24) is 0 Å². The lowest BCUT2D eigenvalue weighted by Crippen LogP contribution is -2.46. The average molecular weight is 854 g/mol. The molecule has 0 atom stereocenters. The van der Waals surface area contributed by atoms with Crippen LogP contribution in [0, 0.1) is 0 Å². The standard InChI is InChI=1S/C62H54BN2O/c1-59(2)30-31-60(3,4)45-34-50-46(33-44(45)59)61(5,6)43-24-17-25-47-58(43)65(50)51-35-53-54(41-21-13-15-27-52(41)66-53)55(57(51)63-47)40-29-28-37(36-18-10-9-11-19-36)32-49(40)64-48-26-16-22-39-38-20-12-14-23-42(38)62(7,8)56(39)48/h9-29,32-35,64H,30-31H2,1-8H3. The van der Waals surface area contributed by atoms with E-state index in [2.05, 4.69) is 225 Å². The van der Waals surface area contributed by atoms with Gasteiger partial charge in [-0.2, -0.15) is 0 Å². The maximum atomic E-state index is 7.00. The topological polar surface area (TPSA) is 28.4 Å². The first-order valence-electron chi connectivity index (χ1n) is 23.9. The molecule has 0 saturated carbocycles. The van der Waals surface area contributed by atoms with Gasteiger partial charge in [0.15, 0.2) is 7.28 Å². The third-order valence-corrected chi connectivity index (χ3v) is 16.3. The number of benzene rings is 8. The molecule has 4 aliphatic rings. The largest absolute Gasteiger partial charge is 0.456 e. The Morgan fingerprint density at radius 2 is 1.20 bits per heavy atom. The van der Waals surface area contributed by atoms with E-state index in [1.54, 1.807) is 0 Å². The fourth-order valence-electron chi connectivity index (χ4n) is 12.7. The van der Waals surface area contributed by atoms with Crippen LogP contribution in [0.2, 0.25) is 0 Å². The minimum atomic E-state index is -0.213. The molecule has 0 saturated heterocycles. The van der Waals surface area contributed by atoms with Crippen LogP contribution >= 0.6 is 0 Å². The van der Waals surface area contributed by atoms with Crippen LogP contribution < -0.4 is 21.1 Å². The first-order valence-corrected chi connectivity index (χ1v) is 23.9. The molecule has 66 heavy (non-hydrogen) atoms. The Balaban J connectivity index is 1.11. The molecule has 13 rings (SSSR count). The maximum absolute atomic E-state index is 7.00. The highest BCUT2D eigenvalue weighted by molar-refractivity contribution is 6.74. The fourth-order valence-corrected chi connectivity index (χ4v) is 12.7. The van der Waals surface area contributed by atoms with Crippen LogP contribution in [0.5, 0.6) is 0 Å². The minimum absolute atomic E-state index is 0.0526. The van der Waals surface area contributed by atoms with Gasteiger partial charge < -0.3 is 14.6 Å². The van der Waals surface area contributed by atoms with Crippen molar-refractivity contribution in [3.63, 3.8) is 0 Å². The molecule has 1 N–H and O–H groups in total. The van der Waals surface area contributed by atoms with Gasteiger partial charge in [0.1, 0.15) is 11.2 Å². The van der Waals surface area contributed by atoms with Crippen LogP contribution in [0.1, 0.15) is 102 Å². The molecular formula is C62H54BN2O. The van der Waals surface area contributed by atoms with Gasteiger partial charge in [-0.3, -0.25) is 0 Å². The summed E-state index contributed by atoms with van der Waals surface area (Å²) in [6.07, 6.45) is 2.34. The van der Waals surface area contributed by atoms with Gasteiger partial charge in [0.05, 0.1) is 5.69 Å². The smallest absolute Gasteiger partial charge is 0.197 e. The number of rotatable bonds is 4. The molecule has 0 unspecified atom stereocenters. The molecule has 4 heteroatoms. The van der Waals surface area contributed by atoms with Gasteiger partial charge in [0, 0.05) is 56.0 Å². The summed E-state index contributed by atoms with van der Waals surface area (Å²) in [5.74, 6) is 0. The van der Waals surface area contributed by atoms with Crippen molar-refractivity contribution in [2.24, 2.45) is 0 Å². The number of hydrogen-bond acceptors (Lipinski definition) is 3. The van der Waals surface area contributed by atoms with Gasteiger partial charge in [-0.25, -0.2) is 0 Å². The van der Waals surface area contributed by atoms with E-state index in [1.165, 1.54) is 84.4 Å². The van der Waals surface area contributed by atoms with E-state index in [9.17, 15) is 0 Å². The second-order valence-corrected chi connectivity index (χ2v) is 21.8. The van der Waals surface area contributed by atoms with Crippen LogP contribution in [-0.4, -0.2) is 7.28 Å². The zero-order valence-electron chi connectivity index (χ0n) is 39.3. The number of anilines is 5. The van der Waals surface area contributed by atoms with Gasteiger partial charge in [0.25, 0.3) is 0 Å². The van der Waals surface area contributed by atoms with Crippen LogP contribution in [0.4, 0.5) is 28.4 Å². The summed E-state index contributed by atoms with van der Waals surface area (Å²) in [5.41, 5.74) is 25.5. The predicted molar refractivity (Wildman–Crippen MR) is 279 cm³/mol. The molecule has 321 valence electrons. The number of nitrogens with one attached hydrogen (secondary N) is 1. The van der Waals surface area contributed by atoms with E-state index in [0.717, 1.165) is 56.5 Å². The van der Waals surface area contributed by atoms with E-state index in [1.807, 2.05) is 0 Å². The Labute approximate surface area is 389 Å². The summed E-state index contributed by atoms with van der Waals surface area (Å²) in [6.45, 7) is 19.4. The number of furan rings is 1. The molecular weight excluding hydrogens is 800 g/mol. The van der Waals surface area contributed by atoms with Crippen molar-refractivity contribution in [2.75, 3.05) is 10.2 Å². The lowest BCUT2D eigenvalue weighted by atomic mass is 9.55. The molecule has 9 aromatic rings. The Hall–Kier alpha value is -6.78. The Morgan fingerprint density at radius 1 is 0.500 bits per heavy atom. The molecule has 8 aromatic carbocycles. The molecule has 1 aromatic heterocycles. The highest BCUT2D eigenvalue weighted by atomic mass is 16.3. The fraction of sp³-hybridized carbons (Fsp3) is 0.226. The molecule has 2 aliphatic heterocycles. The molecule has 0 bridgehead atoms. The van der Waals surface area contributed by atoms with Crippen molar-refractivity contribution in [1.29, 1.82) is 0 Å². The monoisotopic (exact) mass is 853 g/mol. The molecule has 0 amide bonds. The van der Waals surface area contributed by atoms with E-state index >= 15 is 0 Å². The van der Waals surface area contributed by atoms with E-state index in [0.29, 0.717) is 0 Å². The first-order chi connectivity index (χ1) is 31.7. The summed E-state index contributed by atoms with van der Waals surface area (Å²) < 4.78 is 7.00. The molecule has 3 heterocycles. The lowest BCUT2D eigenvalue weighted by Gasteiger charge is -2.49. The van der Waals surface area contributed by atoms with Crippen LogP contribution in [0.25, 0.3) is 55.3 Å². The van der Waals surface area contributed by atoms with Crippen molar-refractivity contribution in [2.45, 2.75) is 89.9 Å². The Kier molecular flexibility index (Phi) is 8.04.